The predicted molar refractivity (Wildman–Crippen MR) is 53.0 cm³/mol. The van der Waals surface area contributed by atoms with Gasteiger partial charge in [-0.3, -0.25) is 4.79 Å². The highest BCUT2D eigenvalue weighted by molar-refractivity contribution is 5.88. The lowest BCUT2D eigenvalue weighted by molar-refractivity contribution is -0.140. The molecule has 0 amide bonds. The van der Waals surface area contributed by atoms with Crippen molar-refractivity contribution in [2.45, 2.75) is 19.8 Å². The van der Waals surface area contributed by atoms with Crippen molar-refractivity contribution in [3.8, 4) is 0 Å². The van der Waals surface area contributed by atoms with E-state index in [9.17, 15) is 9.59 Å². The third-order valence-corrected chi connectivity index (χ3v) is 1.67. The van der Waals surface area contributed by atoms with Crippen molar-refractivity contribution in [1.82, 2.24) is 0 Å². The lowest BCUT2D eigenvalue weighted by Crippen LogP contribution is -2.08. The van der Waals surface area contributed by atoms with Gasteiger partial charge in [-0.15, -0.1) is 0 Å². The van der Waals surface area contributed by atoms with Crippen molar-refractivity contribution < 1.29 is 23.8 Å². The first-order chi connectivity index (χ1) is 7.15. The maximum atomic E-state index is 11.2. The molecule has 0 unspecified atom stereocenters. The van der Waals surface area contributed by atoms with Gasteiger partial charge in [-0.2, -0.15) is 0 Å². The van der Waals surface area contributed by atoms with E-state index in [2.05, 4.69) is 9.47 Å². The molecule has 0 saturated carbocycles. The molecule has 5 nitrogen and oxygen atoms in total. The van der Waals surface area contributed by atoms with Gasteiger partial charge in [-0.1, -0.05) is 0 Å². The summed E-state index contributed by atoms with van der Waals surface area (Å²) in [7, 11) is 2.58. The van der Waals surface area contributed by atoms with Crippen LogP contribution in [0.25, 0.3) is 0 Å². The van der Waals surface area contributed by atoms with E-state index in [1.54, 1.807) is 6.92 Å². The highest BCUT2D eigenvalue weighted by Crippen LogP contribution is 2.08. The second kappa shape index (κ2) is 7.84. The summed E-state index contributed by atoms with van der Waals surface area (Å²) in [5, 5.41) is 0. The van der Waals surface area contributed by atoms with E-state index in [1.165, 1.54) is 20.5 Å². The summed E-state index contributed by atoms with van der Waals surface area (Å²) in [5.74, 6) is -0.867. The minimum absolute atomic E-state index is 0.129. The highest BCUT2D eigenvalue weighted by Gasteiger charge is 2.12. The van der Waals surface area contributed by atoms with E-state index in [1.807, 2.05) is 0 Å². The van der Waals surface area contributed by atoms with Gasteiger partial charge in [0.25, 0.3) is 0 Å². The Morgan fingerprint density at radius 1 is 1.13 bits per heavy atom. The summed E-state index contributed by atoms with van der Waals surface area (Å²) in [6, 6.07) is 0. The number of esters is 2. The van der Waals surface area contributed by atoms with Gasteiger partial charge in [0.2, 0.25) is 0 Å². The molecule has 0 fully saturated rings. The Bertz CT molecular complexity index is 244. The smallest absolute Gasteiger partial charge is 0.336 e. The van der Waals surface area contributed by atoms with Crippen molar-refractivity contribution in [3.63, 3.8) is 0 Å². The van der Waals surface area contributed by atoms with Gasteiger partial charge in [-0.05, 0) is 13.3 Å². The molecule has 0 atom stereocenters. The predicted octanol–water partition coefficient (Wildman–Crippen LogP) is 1.03. The Hall–Kier alpha value is -1.52. The van der Waals surface area contributed by atoms with E-state index < -0.39 is 5.97 Å². The molecule has 0 spiro atoms. The molecule has 0 rings (SSSR count). The Morgan fingerprint density at radius 3 is 2.27 bits per heavy atom. The fourth-order valence-electron chi connectivity index (χ4n) is 0.863. The van der Waals surface area contributed by atoms with Gasteiger partial charge < -0.3 is 14.2 Å². The lowest BCUT2D eigenvalue weighted by atomic mass is 10.1. The molecule has 5 heteroatoms. The molecule has 0 aliphatic carbocycles. The van der Waals surface area contributed by atoms with Gasteiger partial charge in [-0.25, -0.2) is 4.79 Å². The third kappa shape index (κ3) is 5.72. The summed E-state index contributed by atoms with van der Waals surface area (Å²) in [6.45, 7) is 2.25. The maximum absolute atomic E-state index is 11.2. The average Bonchev–Trinajstić information content (AvgIpc) is 2.27. The molecule has 0 aromatic rings. The van der Waals surface area contributed by atoms with Crippen LogP contribution in [0.2, 0.25) is 0 Å². The molecule has 0 bridgehead atoms. The zero-order valence-corrected chi connectivity index (χ0v) is 9.24. The quantitative estimate of drug-likeness (QED) is 0.377. The second-order valence-electron chi connectivity index (χ2n) is 2.67. The normalized spacial score (nSPS) is 10.7. The third-order valence-electron chi connectivity index (χ3n) is 1.67. The van der Waals surface area contributed by atoms with Gasteiger partial charge in [0.1, 0.15) is 0 Å². The molecule has 0 heterocycles. The second-order valence-corrected chi connectivity index (χ2v) is 2.67. The van der Waals surface area contributed by atoms with Crippen LogP contribution in [0.5, 0.6) is 0 Å². The van der Waals surface area contributed by atoms with Crippen molar-refractivity contribution in [2.24, 2.45) is 0 Å². The zero-order valence-electron chi connectivity index (χ0n) is 9.24. The van der Waals surface area contributed by atoms with Gasteiger partial charge >= 0.3 is 11.9 Å². The Kier molecular flexibility index (Phi) is 7.05. The minimum Gasteiger partial charge on any atom is -0.501 e. The fourth-order valence-corrected chi connectivity index (χ4v) is 0.863. The van der Waals surface area contributed by atoms with E-state index in [0.717, 1.165) is 0 Å². The Labute approximate surface area is 89.0 Å². The maximum Gasteiger partial charge on any atom is 0.336 e. The molecule has 0 aliphatic heterocycles. The van der Waals surface area contributed by atoms with E-state index in [4.69, 9.17) is 4.74 Å². The number of hydrogen-bond acceptors (Lipinski definition) is 5. The van der Waals surface area contributed by atoms with Gasteiger partial charge in [0, 0.05) is 6.42 Å². The first kappa shape index (κ1) is 13.5. The Balaban J connectivity index is 4.25. The number of carbonyl (C=O) groups is 2. The monoisotopic (exact) mass is 216 g/mol. The molecular formula is C10H16O5. The number of hydrogen-bond donors (Lipinski definition) is 0. The van der Waals surface area contributed by atoms with E-state index in [-0.39, 0.29) is 18.8 Å². The number of ether oxygens (including phenoxy) is 3. The van der Waals surface area contributed by atoms with Crippen LogP contribution in [0, 0.1) is 0 Å². The largest absolute Gasteiger partial charge is 0.501 e. The molecule has 0 aromatic heterocycles. The van der Waals surface area contributed by atoms with Crippen LogP contribution in [0.3, 0.4) is 0 Å². The summed E-state index contributed by atoms with van der Waals surface area (Å²) in [6.07, 6.45) is 1.69. The zero-order chi connectivity index (χ0) is 11.7. The van der Waals surface area contributed by atoms with Crippen LogP contribution >= 0.6 is 0 Å². The number of methoxy groups -OCH3 is 2. The van der Waals surface area contributed by atoms with Crippen molar-refractivity contribution >= 4 is 11.9 Å². The fraction of sp³-hybridized carbons (Fsp3) is 0.600. The Morgan fingerprint density at radius 2 is 1.80 bits per heavy atom. The molecule has 86 valence electrons. The molecule has 0 saturated heterocycles. The molecular weight excluding hydrogens is 200 g/mol. The average molecular weight is 216 g/mol. The summed E-state index contributed by atoms with van der Waals surface area (Å²) < 4.78 is 14.0. The minimum atomic E-state index is -0.493. The van der Waals surface area contributed by atoms with Crippen LogP contribution in [0.4, 0.5) is 0 Å². The number of rotatable bonds is 6. The van der Waals surface area contributed by atoms with Crippen LogP contribution in [0.1, 0.15) is 19.8 Å². The van der Waals surface area contributed by atoms with E-state index >= 15 is 0 Å². The summed E-state index contributed by atoms with van der Waals surface area (Å²) in [4.78, 5) is 22.1. The van der Waals surface area contributed by atoms with Crippen LogP contribution in [-0.4, -0.2) is 32.8 Å². The van der Waals surface area contributed by atoms with Crippen LogP contribution in [-0.2, 0) is 23.8 Å². The molecule has 0 N–H and O–H groups in total. The SMILES string of the molecule is CCOC=C(CCC(=O)OC)C(=O)OC. The molecule has 0 radical (unpaired) electrons. The first-order valence-corrected chi connectivity index (χ1v) is 4.61. The van der Waals surface area contributed by atoms with Crippen molar-refractivity contribution in [2.75, 3.05) is 20.8 Å². The topological polar surface area (TPSA) is 61.8 Å². The lowest BCUT2D eigenvalue weighted by Gasteiger charge is -2.04. The molecule has 0 aliphatic rings. The number of carbonyl (C=O) groups excluding carboxylic acids is 2. The van der Waals surface area contributed by atoms with Crippen LogP contribution in [0.15, 0.2) is 11.8 Å². The van der Waals surface area contributed by atoms with Gasteiger partial charge in [0.15, 0.2) is 0 Å². The van der Waals surface area contributed by atoms with Gasteiger partial charge in [0.05, 0.1) is 32.7 Å². The molecule has 15 heavy (non-hydrogen) atoms. The van der Waals surface area contributed by atoms with Crippen LogP contribution < -0.4 is 0 Å². The molecule has 0 aromatic carbocycles. The van der Waals surface area contributed by atoms with Crippen molar-refractivity contribution in [1.29, 1.82) is 0 Å². The first-order valence-electron chi connectivity index (χ1n) is 4.61. The van der Waals surface area contributed by atoms with E-state index in [0.29, 0.717) is 12.2 Å². The summed E-state index contributed by atoms with van der Waals surface area (Å²) >= 11 is 0. The highest BCUT2D eigenvalue weighted by atomic mass is 16.5. The summed E-state index contributed by atoms with van der Waals surface area (Å²) in [5.41, 5.74) is 0.324. The van der Waals surface area contributed by atoms with Crippen molar-refractivity contribution in [3.05, 3.63) is 11.8 Å². The standard InChI is InChI=1S/C10H16O5/c1-4-15-7-8(10(12)14-3)5-6-9(11)13-2/h7H,4-6H2,1-3H3.